The number of ether oxygens (including phenoxy) is 1. The number of urea groups is 1. The first-order valence-electron chi connectivity index (χ1n) is 8.14. The number of benzene rings is 1. The number of amides is 2. The number of nitrogens with zero attached hydrogens (tertiary/aromatic N) is 1. The molecule has 134 valence electrons. The van der Waals surface area contributed by atoms with Crippen LogP contribution in [0, 0.1) is 0 Å². The number of para-hydroxylation sites is 1. The summed E-state index contributed by atoms with van der Waals surface area (Å²) in [5.41, 5.74) is -0.0694. The van der Waals surface area contributed by atoms with E-state index in [0.717, 1.165) is 12.8 Å². The molecular formula is C17H24F2N2O3. The number of alkyl halides is 2. The predicted octanol–water partition coefficient (Wildman–Crippen LogP) is 3.30. The highest BCUT2D eigenvalue weighted by molar-refractivity contribution is 5.76. The van der Waals surface area contributed by atoms with E-state index in [1.54, 1.807) is 23.1 Å². The van der Waals surface area contributed by atoms with Crippen molar-refractivity contribution in [2.45, 2.75) is 51.3 Å². The van der Waals surface area contributed by atoms with Crippen molar-refractivity contribution in [1.82, 2.24) is 10.2 Å². The van der Waals surface area contributed by atoms with Gasteiger partial charge in [-0.1, -0.05) is 25.1 Å². The third-order valence-electron chi connectivity index (χ3n) is 4.55. The lowest BCUT2D eigenvalue weighted by atomic mass is 10.0. The minimum Gasteiger partial charge on any atom is -0.434 e. The smallest absolute Gasteiger partial charge is 0.387 e. The molecule has 0 radical (unpaired) electrons. The number of nitrogens with one attached hydrogen (secondary N) is 1. The van der Waals surface area contributed by atoms with Gasteiger partial charge in [-0.2, -0.15) is 8.78 Å². The normalized spacial score (nSPS) is 21.8. The summed E-state index contributed by atoms with van der Waals surface area (Å²) in [4.78, 5) is 14.2. The minimum absolute atomic E-state index is 0.0611. The van der Waals surface area contributed by atoms with Gasteiger partial charge in [0.2, 0.25) is 0 Å². The molecule has 0 aromatic heterocycles. The first-order chi connectivity index (χ1) is 11.4. The molecule has 0 unspecified atom stereocenters. The lowest BCUT2D eigenvalue weighted by Crippen LogP contribution is -2.52. The molecule has 7 heteroatoms. The number of halogens is 2. The van der Waals surface area contributed by atoms with Crippen LogP contribution >= 0.6 is 0 Å². The van der Waals surface area contributed by atoms with Crippen molar-refractivity contribution in [2.24, 2.45) is 0 Å². The van der Waals surface area contributed by atoms with Gasteiger partial charge in [0.25, 0.3) is 0 Å². The summed E-state index contributed by atoms with van der Waals surface area (Å²) in [5.74, 6) is 0.0611. The van der Waals surface area contributed by atoms with E-state index in [1.165, 1.54) is 6.07 Å². The topological polar surface area (TPSA) is 61.8 Å². The Hall–Kier alpha value is -1.89. The highest BCUT2D eigenvalue weighted by atomic mass is 19.3. The van der Waals surface area contributed by atoms with E-state index in [2.05, 4.69) is 10.1 Å². The third-order valence-corrected chi connectivity index (χ3v) is 4.55. The minimum atomic E-state index is -2.92. The molecule has 2 atom stereocenters. The number of carbonyl (C=O) groups excluding carboxylic acids is 1. The number of aliphatic hydroxyl groups is 1. The fraction of sp³-hybridized carbons (Fsp3) is 0.588. The standard InChI is InChI=1S/C17H24F2N2O3/c1-3-13(12-7-4-5-8-14(12)24-15(18)19)20-16(23)21-10-6-9-17(21,2)11-22/h4-5,7-8,13,15,22H,3,6,9-11H2,1-2H3,(H,20,23)/t13-,17-/m0/s1. The molecule has 1 heterocycles. The number of likely N-dealkylation sites (tertiary alicyclic amines) is 1. The third kappa shape index (κ3) is 3.95. The second-order valence-electron chi connectivity index (χ2n) is 6.24. The molecule has 0 bridgehead atoms. The van der Waals surface area contributed by atoms with Gasteiger partial charge in [0.05, 0.1) is 18.2 Å². The molecule has 2 N–H and O–H groups in total. The molecule has 24 heavy (non-hydrogen) atoms. The largest absolute Gasteiger partial charge is 0.434 e. The average molecular weight is 342 g/mol. The Kier molecular flexibility index (Phi) is 5.99. The van der Waals surface area contributed by atoms with Gasteiger partial charge >= 0.3 is 12.6 Å². The van der Waals surface area contributed by atoms with E-state index in [-0.39, 0.29) is 18.4 Å². The maximum absolute atomic E-state index is 12.6. The van der Waals surface area contributed by atoms with Gasteiger partial charge in [0, 0.05) is 12.1 Å². The van der Waals surface area contributed by atoms with Crippen molar-refractivity contribution in [3.05, 3.63) is 29.8 Å². The molecule has 0 aliphatic carbocycles. The van der Waals surface area contributed by atoms with Crippen molar-refractivity contribution >= 4 is 6.03 Å². The van der Waals surface area contributed by atoms with Gasteiger partial charge in [-0.3, -0.25) is 0 Å². The van der Waals surface area contributed by atoms with E-state index in [1.807, 2.05) is 13.8 Å². The zero-order chi connectivity index (χ0) is 17.7. The fourth-order valence-electron chi connectivity index (χ4n) is 3.13. The fourth-order valence-corrected chi connectivity index (χ4v) is 3.13. The average Bonchev–Trinajstić information content (AvgIpc) is 2.95. The van der Waals surface area contributed by atoms with Crippen molar-refractivity contribution in [2.75, 3.05) is 13.2 Å². The highest BCUT2D eigenvalue weighted by Gasteiger charge is 2.39. The van der Waals surface area contributed by atoms with Crippen molar-refractivity contribution < 1.29 is 23.4 Å². The van der Waals surface area contributed by atoms with Crippen LogP contribution in [0.15, 0.2) is 24.3 Å². The number of aliphatic hydroxyl groups excluding tert-OH is 1. The molecule has 2 rings (SSSR count). The molecule has 1 aromatic carbocycles. The summed E-state index contributed by atoms with van der Waals surface area (Å²) < 4.78 is 29.7. The second-order valence-corrected chi connectivity index (χ2v) is 6.24. The molecule has 1 saturated heterocycles. The Morgan fingerprint density at radius 1 is 1.46 bits per heavy atom. The van der Waals surface area contributed by atoms with E-state index < -0.39 is 18.2 Å². The lowest BCUT2D eigenvalue weighted by Gasteiger charge is -2.35. The first-order valence-corrected chi connectivity index (χ1v) is 8.14. The second kappa shape index (κ2) is 7.79. The van der Waals surface area contributed by atoms with Crippen molar-refractivity contribution in [3.8, 4) is 5.75 Å². The molecular weight excluding hydrogens is 318 g/mol. The molecule has 1 aromatic rings. The monoisotopic (exact) mass is 342 g/mol. The number of rotatable bonds is 6. The maximum atomic E-state index is 12.6. The summed E-state index contributed by atoms with van der Waals surface area (Å²) in [6.07, 6.45) is 2.09. The van der Waals surface area contributed by atoms with Gasteiger partial charge in [-0.05, 0) is 32.3 Å². The van der Waals surface area contributed by atoms with Crippen LogP contribution in [0.4, 0.5) is 13.6 Å². The predicted molar refractivity (Wildman–Crippen MR) is 86.1 cm³/mol. The van der Waals surface area contributed by atoms with Crippen LogP contribution in [0.1, 0.15) is 44.7 Å². The Morgan fingerprint density at radius 3 is 2.79 bits per heavy atom. The summed E-state index contributed by atoms with van der Waals surface area (Å²) >= 11 is 0. The molecule has 1 fully saturated rings. The van der Waals surface area contributed by atoms with Crippen LogP contribution in [-0.4, -0.2) is 41.3 Å². The number of hydrogen-bond donors (Lipinski definition) is 2. The summed E-state index contributed by atoms with van der Waals surface area (Å²) in [7, 11) is 0. The van der Waals surface area contributed by atoms with Crippen LogP contribution in [0.3, 0.4) is 0 Å². The summed E-state index contributed by atoms with van der Waals surface area (Å²) in [6, 6.07) is 5.71. The molecule has 2 amide bonds. The molecule has 5 nitrogen and oxygen atoms in total. The quantitative estimate of drug-likeness (QED) is 0.834. The lowest BCUT2D eigenvalue weighted by molar-refractivity contribution is -0.0507. The van der Waals surface area contributed by atoms with Crippen molar-refractivity contribution in [3.63, 3.8) is 0 Å². The van der Waals surface area contributed by atoms with Crippen LogP contribution < -0.4 is 10.1 Å². The van der Waals surface area contributed by atoms with Gasteiger partial charge in [0.15, 0.2) is 0 Å². The zero-order valence-corrected chi connectivity index (χ0v) is 14.0. The maximum Gasteiger partial charge on any atom is 0.387 e. The van der Waals surface area contributed by atoms with E-state index in [0.29, 0.717) is 18.5 Å². The molecule has 0 saturated carbocycles. The molecule has 1 aliphatic rings. The van der Waals surface area contributed by atoms with Crippen LogP contribution in [0.5, 0.6) is 5.75 Å². The zero-order valence-electron chi connectivity index (χ0n) is 14.0. The Morgan fingerprint density at radius 2 is 2.17 bits per heavy atom. The molecule has 0 spiro atoms. The Bertz CT molecular complexity index is 571. The Labute approximate surface area is 140 Å². The first kappa shape index (κ1) is 18.4. The van der Waals surface area contributed by atoms with Crippen LogP contribution in [-0.2, 0) is 0 Å². The molecule has 1 aliphatic heterocycles. The van der Waals surface area contributed by atoms with Gasteiger partial charge in [0.1, 0.15) is 5.75 Å². The van der Waals surface area contributed by atoms with Crippen molar-refractivity contribution in [1.29, 1.82) is 0 Å². The van der Waals surface area contributed by atoms with Gasteiger partial charge in [-0.15, -0.1) is 0 Å². The Balaban J connectivity index is 2.17. The van der Waals surface area contributed by atoms with Crippen LogP contribution in [0.25, 0.3) is 0 Å². The van der Waals surface area contributed by atoms with E-state index >= 15 is 0 Å². The SMILES string of the molecule is CC[C@H](NC(=O)N1CCC[C@@]1(C)CO)c1ccccc1OC(F)F. The van der Waals surface area contributed by atoms with Gasteiger partial charge < -0.3 is 20.1 Å². The number of carbonyl (C=O) groups is 1. The summed E-state index contributed by atoms with van der Waals surface area (Å²) in [5, 5.41) is 12.5. The summed E-state index contributed by atoms with van der Waals surface area (Å²) in [6.45, 7) is 1.24. The van der Waals surface area contributed by atoms with Crippen LogP contribution in [0.2, 0.25) is 0 Å². The van der Waals surface area contributed by atoms with E-state index in [9.17, 15) is 18.7 Å². The number of hydrogen-bond acceptors (Lipinski definition) is 3. The van der Waals surface area contributed by atoms with Gasteiger partial charge in [-0.25, -0.2) is 4.79 Å². The van der Waals surface area contributed by atoms with E-state index in [4.69, 9.17) is 0 Å². The highest BCUT2D eigenvalue weighted by Crippen LogP contribution is 2.31.